The lowest BCUT2D eigenvalue weighted by molar-refractivity contribution is -0.141. The molecule has 0 spiro atoms. The van der Waals surface area contributed by atoms with Gasteiger partial charge in [-0.2, -0.15) is 5.10 Å². The minimum atomic E-state index is -0.926. The van der Waals surface area contributed by atoms with Crippen molar-refractivity contribution in [3.8, 4) is 0 Å². The highest BCUT2D eigenvalue weighted by Crippen LogP contribution is 2.21. The van der Waals surface area contributed by atoms with Gasteiger partial charge in [-0.05, 0) is 35.6 Å². The summed E-state index contributed by atoms with van der Waals surface area (Å²) in [7, 11) is 0. The molecule has 152 valence electrons. The minimum Gasteiger partial charge on any atom is -0.481 e. The van der Waals surface area contributed by atoms with Gasteiger partial charge in [0.1, 0.15) is 0 Å². The summed E-state index contributed by atoms with van der Waals surface area (Å²) >= 11 is 0. The smallest absolute Gasteiger partial charge is 0.308 e. The fraction of sp³-hybridized carbons (Fsp3) is 0.348. The highest BCUT2D eigenvalue weighted by Gasteiger charge is 2.22. The summed E-state index contributed by atoms with van der Waals surface area (Å²) in [4.78, 5) is 24.4. The molecule has 3 aromatic rings. The van der Waals surface area contributed by atoms with Gasteiger partial charge in [-0.3, -0.25) is 14.3 Å². The molecular weight excluding hydrogens is 366 g/mol. The van der Waals surface area contributed by atoms with Crippen molar-refractivity contribution in [1.82, 2.24) is 15.1 Å². The normalized spacial score (nSPS) is 12.3. The minimum absolute atomic E-state index is 0.0617. The third-order valence-electron chi connectivity index (χ3n) is 5.09. The number of carbonyl (C=O) groups excluding carboxylic acids is 1. The second-order valence-electron chi connectivity index (χ2n) is 7.81. The Hall–Kier alpha value is -3.15. The van der Waals surface area contributed by atoms with Crippen LogP contribution >= 0.6 is 0 Å². The molecule has 1 atom stereocenters. The summed E-state index contributed by atoms with van der Waals surface area (Å²) < 4.78 is 1.81. The number of hydrogen-bond acceptors (Lipinski definition) is 3. The molecule has 0 fully saturated rings. The molecule has 0 radical (unpaired) electrons. The molecule has 0 saturated heterocycles. The van der Waals surface area contributed by atoms with E-state index in [9.17, 15) is 14.7 Å². The van der Waals surface area contributed by atoms with Gasteiger partial charge in [-0.15, -0.1) is 0 Å². The number of aliphatic carboxylic acids is 1. The highest BCUT2D eigenvalue weighted by molar-refractivity contribution is 5.95. The number of fused-ring (bicyclic) bond motifs is 1. The molecule has 0 aliphatic carbocycles. The number of carboxylic acid groups (broad SMARTS) is 1. The van der Waals surface area contributed by atoms with Gasteiger partial charge in [-0.25, -0.2) is 0 Å². The largest absolute Gasteiger partial charge is 0.481 e. The van der Waals surface area contributed by atoms with Crippen LogP contribution in [0.5, 0.6) is 0 Å². The summed E-state index contributed by atoms with van der Waals surface area (Å²) in [5.74, 6) is -1.51. The molecule has 3 rings (SSSR count). The van der Waals surface area contributed by atoms with Gasteiger partial charge in [0.25, 0.3) is 5.91 Å². The van der Waals surface area contributed by atoms with Gasteiger partial charge in [0, 0.05) is 18.8 Å². The van der Waals surface area contributed by atoms with Crippen molar-refractivity contribution in [3.63, 3.8) is 0 Å². The van der Waals surface area contributed by atoms with Crippen molar-refractivity contribution in [2.45, 2.75) is 33.7 Å². The summed E-state index contributed by atoms with van der Waals surface area (Å²) in [5, 5.41) is 18.9. The summed E-state index contributed by atoms with van der Waals surface area (Å²) in [6.07, 6.45) is 1.90. The maximum absolute atomic E-state index is 12.6. The Morgan fingerprint density at radius 2 is 1.86 bits per heavy atom. The first-order chi connectivity index (χ1) is 13.9. The number of carboxylic acids is 1. The molecule has 0 aliphatic heterocycles. The summed E-state index contributed by atoms with van der Waals surface area (Å²) in [6.45, 7) is 6.83. The number of amides is 1. The van der Waals surface area contributed by atoms with Crippen LogP contribution in [0.15, 0.2) is 48.7 Å². The Balaban J connectivity index is 1.71. The lowest BCUT2D eigenvalue weighted by Crippen LogP contribution is -2.34. The molecule has 2 N–H and O–H groups in total. The topological polar surface area (TPSA) is 84.2 Å². The van der Waals surface area contributed by atoms with E-state index in [1.54, 1.807) is 6.20 Å². The average molecular weight is 393 g/mol. The molecular formula is C23H27N3O3. The SMILES string of the molecule is Cc1c(C(=O)NCC(Cc2cccc3ccccc23)C(=O)O)cnn1CC(C)C. The maximum Gasteiger partial charge on any atom is 0.308 e. The quantitative estimate of drug-likeness (QED) is 0.611. The Morgan fingerprint density at radius 3 is 2.59 bits per heavy atom. The molecule has 1 heterocycles. The van der Waals surface area contributed by atoms with Crippen LogP contribution < -0.4 is 5.32 Å². The first-order valence-corrected chi connectivity index (χ1v) is 9.87. The Kier molecular flexibility index (Phi) is 6.32. The van der Waals surface area contributed by atoms with Crippen molar-refractivity contribution >= 4 is 22.6 Å². The van der Waals surface area contributed by atoms with Crippen molar-refractivity contribution in [2.75, 3.05) is 6.54 Å². The summed E-state index contributed by atoms with van der Waals surface area (Å²) in [6, 6.07) is 13.8. The number of nitrogens with zero attached hydrogens (tertiary/aromatic N) is 2. The van der Waals surface area contributed by atoms with Crippen LogP contribution in [0, 0.1) is 18.8 Å². The number of carbonyl (C=O) groups is 2. The van der Waals surface area contributed by atoms with Crippen LogP contribution in [-0.2, 0) is 17.8 Å². The van der Waals surface area contributed by atoms with Gasteiger partial charge in [0.05, 0.1) is 17.7 Å². The Labute approximate surface area is 170 Å². The molecule has 6 nitrogen and oxygen atoms in total. The maximum atomic E-state index is 12.6. The number of hydrogen-bond donors (Lipinski definition) is 2. The van der Waals surface area contributed by atoms with E-state index < -0.39 is 11.9 Å². The summed E-state index contributed by atoms with van der Waals surface area (Å²) in [5.41, 5.74) is 2.24. The fourth-order valence-electron chi connectivity index (χ4n) is 3.49. The van der Waals surface area contributed by atoms with Crippen LogP contribution in [0.1, 0.15) is 35.5 Å². The van der Waals surface area contributed by atoms with Crippen molar-refractivity contribution in [1.29, 1.82) is 0 Å². The third-order valence-corrected chi connectivity index (χ3v) is 5.09. The van der Waals surface area contributed by atoms with Gasteiger partial charge >= 0.3 is 5.97 Å². The molecule has 2 aromatic carbocycles. The fourth-order valence-corrected chi connectivity index (χ4v) is 3.49. The first-order valence-electron chi connectivity index (χ1n) is 9.87. The zero-order chi connectivity index (χ0) is 21.0. The zero-order valence-corrected chi connectivity index (χ0v) is 17.1. The van der Waals surface area contributed by atoms with E-state index in [4.69, 9.17) is 0 Å². The second-order valence-corrected chi connectivity index (χ2v) is 7.81. The van der Waals surface area contributed by atoms with Gasteiger partial charge in [0.15, 0.2) is 0 Å². The van der Waals surface area contributed by atoms with E-state index in [-0.39, 0.29) is 12.5 Å². The predicted octanol–water partition coefficient (Wildman–Crippen LogP) is 3.67. The van der Waals surface area contributed by atoms with Crippen molar-refractivity contribution < 1.29 is 14.7 Å². The van der Waals surface area contributed by atoms with Crippen LogP contribution in [0.3, 0.4) is 0 Å². The molecule has 0 saturated carbocycles. The highest BCUT2D eigenvalue weighted by atomic mass is 16.4. The standard InChI is InChI=1S/C23H27N3O3/c1-15(2)14-26-16(3)21(13-25-26)22(27)24-12-19(23(28)29)11-18-9-6-8-17-7-4-5-10-20(17)18/h4-10,13,15,19H,11-12,14H2,1-3H3,(H,24,27)(H,28,29). The van der Waals surface area contributed by atoms with Gasteiger partial charge in [-0.1, -0.05) is 56.3 Å². The monoisotopic (exact) mass is 393 g/mol. The van der Waals surface area contributed by atoms with Gasteiger partial charge < -0.3 is 10.4 Å². The lowest BCUT2D eigenvalue weighted by atomic mass is 9.94. The van der Waals surface area contributed by atoms with Gasteiger partial charge in [0.2, 0.25) is 0 Å². The number of aromatic nitrogens is 2. The molecule has 29 heavy (non-hydrogen) atoms. The van der Waals surface area contributed by atoms with Crippen LogP contribution in [0.4, 0.5) is 0 Å². The number of benzene rings is 2. The van der Waals surface area contributed by atoms with E-state index in [0.717, 1.165) is 28.6 Å². The van der Waals surface area contributed by atoms with E-state index in [2.05, 4.69) is 24.3 Å². The number of nitrogens with one attached hydrogen (secondary N) is 1. The molecule has 6 heteroatoms. The van der Waals surface area contributed by atoms with Crippen molar-refractivity contribution in [3.05, 3.63) is 65.5 Å². The first kappa shape index (κ1) is 20.6. The van der Waals surface area contributed by atoms with E-state index >= 15 is 0 Å². The number of rotatable bonds is 8. The molecule has 1 aromatic heterocycles. The Bertz CT molecular complexity index is 1020. The molecule has 0 bridgehead atoms. The second kappa shape index (κ2) is 8.90. The Morgan fingerprint density at radius 1 is 1.14 bits per heavy atom. The van der Waals surface area contributed by atoms with Crippen LogP contribution in [0.2, 0.25) is 0 Å². The lowest BCUT2D eigenvalue weighted by Gasteiger charge is -2.15. The van der Waals surface area contributed by atoms with E-state index in [1.165, 1.54) is 0 Å². The van der Waals surface area contributed by atoms with Crippen LogP contribution in [0.25, 0.3) is 10.8 Å². The van der Waals surface area contributed by atoms with Crippen LogP contribution in [-0.4, -0.2) is 33.3 Å². The predicted molar refractivity (Wildman–Crippen MR) is 113 cm³/mol. The zero-order valence-electron chi connectivity index (χ0n) is 17.1. The molecule has 1 unspecified atom stereocenters. The average Bonchev–Trinajstić information content (AvgIpc) is 3.04. The van der Waals surface area contributed by atoms with E-state index in [1.807, 2.05) is 54.1 Å². The van der Waals surface area contributed by atoms with E-state index in [0.29, 0.717) is 17.9 Å². The third kappa shape index (κ3) is 4.83. The van der Waals surface area contributed by atoms with Crippen molar-refractivity contribution in [2.24, 2.45) is 11.8 Å². The molecule has 1 amide bonds. The molecule has 0 aliphatic rings.